The van der Waals surface area contributed by atoms with E-state index in [1.807, 2.05) is 53.8 Å². The third kappa shape index (κ3) is 3.63. The van der Waals surface area contributed by atoms with Gasteiger partial charge in [0.2, 0.25) is 10.9 Å². The van der Waals surface area contributed by atoms with Gasteiger partial charge < -0.3 is 10.1 Å². The summed E-state index contributed by atoms with van der Waals surface area (Å²) in [4.78, 5) is 13.3. The number of para-hydroxylation sites is 1. The lowest BCUT2D eigenvalue weighted by molar-refractivity contribution is -0.120. The molecule has 8 heteroatoms. The first kappa shape index (κ1) is 17.8. The number of carbonyl (C=O) groups excluding carboxylic acids is 1. The number of thioether (sulfide) groups is 1. The quantitative estimate of drug-likeness (QED) is 0.501. The monoisotopic (exact) mass is 398 g/mol. The minimum Gasteiger partial charge on any atom is -0.497 e. The Morgan fingerprint density at radius 3 is 2.78 bits per heavy atom. The summed E-state index contributed by atoms with van der Waals surface area (Å²) in [5.41, 5.74) is 2.09. The third-order valence-electron chi connectivity index (χ3n) is 4.19. The molecule has 0 fully saturated rings. The van der Waals surface area contributed by atoms with Crippen LogP contribution < -0.4 is 10.1 Å². The molecule has 0 saturated carbocycles. The molecule has 0 radical (unpaired) electrons. The Hall–Kier alpha value is -2.58. The van der Waals surface area contributed by atoms with Crippen LogP contribution in [-0.2, 0) is 11.3 Å². The number of nitrogens with one attached hydrogen (secondary N) is 1. The van der Waals surface area contributed by atoms with Crippen molar-refractivity contribution in [1.29, 1.82) is 0 Å². The van der Waals surface area contributed by atoms with E-state index in [1.54, 1.807) is 18.4 Å². The Bertz CT molecular complexity index is 1090. The number of rotatable bonds is 6. The van der Waals surface area contributed by atoms with E-state index in [0.29, 0.717) is 6.54 Å². The van der Waals surface area contributed by atoms with E-state index in [4.69, 9.17) is 4.74 Å². The standard InChI is InChI=1S/C19H18N4O2S2/c1-12(17(24)20-11-13-7-9-14(25-2)10-8-13)26-18-21-22-19-23(18)15-5-3-4-6-16(15)27-19/h3-10,12H,11H2,1-2H3,(H,20,24)/t12-/m1/s1. The number of hydrogen-bond donors (Lipinski definition) is 1. The van der Waals surface area contributed by atoms with Gasteiger partial charge in [0.25, 0.3) is 0 Å². The molecule has 0 saturated heterocycles. The van der Waals surface area contributed by atoms with Crippen LogP contribution in [0, 0.1) is 0 Å². The normalized spacial score (nSPS) is 12.4. The maximum Gasteiger partial charge on any atom is 0.233 e. The van der Waals surface area contributed by atoms with Crippen LogP contribution >= 0.6 is 23.1 Å². The summed E-state index contributed by atoms with van der Waals surface area (Å²) < 4.78 is 8.31. The number of thiazole rings is 1. The topological polar surface area (TPSA) is 68.5 Å². The van der Waals surface area contributed by atoms with Gasteiger partial charge in [-0.15, -0.1) is 10.2 Å². The molecule has 0 aliphatic heterocycles. The Morgan fingerprint density at radius 1 is 1.22 bits per heavy atom. The molecule has 138 valence electrons. The molecule has 4 aromatic rings. The van der Waals surface area contributed by atoms with Gasteiger partial charge in [0.1, 0.15) is 5.75 Å². The van der Waals surface area contributed by atoms with Gasteiger partial charge in [-0.05, 0) is 36.8 Å². The summed E-state index contributed by atoms with van der Waals surface area (Å²) in [6.07, 6.45) is 0. The summed E-state index contributed by atoms with van der Waals surface area (Å²) in [5, 5.41) is 11.9. The molecular weight excluding hydrogens is 380 g/mol. The fraction of sp³-hybridized carbons (Fsp3) is 0.211. The van der Waals surface area contributed by atoms with Gasteiger partial charge in [0.05, 0.1) is 22.6 Å². The summed E-state index contributed by atoms with van der Waals surface area (Å²) in [6.45, 7) is 2.36. The van der Waals surface area contributed by atoms with Crippen molar-refractivity contribution in [2.75, 3.05) is 7.11 Å². The molecule has 6 nitrogen and oxygen atoms in total. The van der Waals surface area contributed by atoms with Gasteiger partial charge >= 0.3 is 0 Å². The predicted octanol–water partition coefficient (Wildman–Crippen LogP) is 3.75. The van der Waals surface area contributed by atoms with Crippen molar-refractivity contribution in [2.24, 2.45) is 0 Å². The molecule has 0 aliphatic rings. The molecule has 0 unspecified atom stereocenters. The van der Waals surface area contributed by atoms with Crippen LogP contribution in [-0.4, -0.2) is 32.9 Å². The molecule has 2 aromatic carbocycles. The third-order valence-corrected chi connectivity index (χ3v) is 6.24. The predicted molar refractivity (Wildman–Crippen MR) is 109 cm³/mol. The van der Waals surface area contributed by atoms with Crippen molar-refractivity contribution >= 4 is 44.2 Å². The minimum absolute atomic E-state index is 0.0351. The highest BCUT2D eigenvalue weighted by Crippen LogP contribution is 2.31. The molecule has 1 atom stereocenters. The van der Waals surface area contributed by atoms with Gasteiger partial charge in [-0.1, -0.05) is 47.4 Å². The second-order valence-electron chi connectivity index (χ2n) is 6.00. The Balaban J connectivity index is 1.44. The molecular formula is C19H18N4O2S2. The zero-order chi connectivity index (χ0) is 18.8. The van der Waals surface area contributed by atoms with E-state index >= 15 is 0 Å². The number of hydrogen-bond acceptors (Lipinski definition) is 6. The van der Waals surface area contributed by atoms with Crippen LogP contribution in [0.5, 0.6) is 5.75 Å². The van der Waals surface area contributed by atoms with Gasteiger partial charge in [0, 0.05) is 6.54 Å². The lowest BCUT2D eigenvalue weighted by atomic mass is 10.2. The number of aromatic nitrogens is 3. The smallest absolute Gasteiger partial charge is 0.233 e. The number of amides is 1. The highest BCUT2D eigenvalue weighted by Gasteiger charge is 2.19. The van der Waals surface area contributed by atoms with E-state index < -0.39 is 0 Å². The van der Waals surface area contributed by atoms with E-state index in [-0.39, 0.29) is 11.2 Å². The van der Waals surface area contributed by atoms with Crippen LogP contribution in [0.15, 0.2) is 53.7 Å². The Labute approximate surface area is 164 Å². The molecule has 1 amide bonds. The van der Waals surface area contributed by atoms with Gasteiger partial charge in [-0.2, -0.15) is 0 Å². The second-order valence-corrected chi connectivity index (χ2v) is 8.31. The summed E-state index contributed by atoms with van der Waals surface area (Å²) in [5.74, 6) is 0.764. The van der Waals surface area contributed by atoms with Crippen molar-refractivity contribution in [1.82, 2.24) is 19.9 Å². The first-order valence-corrected chi connectivity index (χ1v) is 10.2. The van der Waals surface area contributed by atoms with Crippen LogP contribution in [0.2, 0.25) is 0 Å². The number of benzene rings is 2. The largest absolute Gasteiger partial charge is 0.497 e. The Morgan fingerprint density at radius 2 is 2.00 bits per heavy atom. The van der Waals surface area contributed by atoms with Crippen molar-refractivity contribution in [3.05, 3.63) is 54.1 Å². The van der Waals surface area contributed by atoms with Crippen molar-refractivity contribution in [3.63, 3.8) is 0 Å². The van der Waals surface area contributed by atoms with Crippen molar-refractivity contribution in [3.8, 4) is 5.75 Å². The lowest BCUT2D eigenvalue weighted by Gasteiger charge is -2.11. The Kier molecular flexibility index (Phi) is 5.00. The maximum atomic E-state index is 12.5. The number of fused-ring (bicyclic) bond motifs is 3. The molecule has 0 spiro atoms. The number of ether oxygens (including phenoxy) is 1. The highest BCUT2D eigenvalue weighted by molar-refractivity contribution is 8.00. The van der Waals surface area contributed by atoms with Crippen LogP contribution in [0.3, 0.4) is 0 Å². The molecule has 1 N–H and O–H groups in total. The number of carbonyl (C=O) groups is 1. The fourth-order valence-electron chi connectivity index (χ4n) is 2.72. The first-order valence-electron chi connectivity index (χ1n) is 8.45. The zero-order valence-corrected chi connectivity index (χ0v) is 16.5. The molecule has 2 heterocycles. The van der Waals surface area contributed by atoms with E-state index in [2.05, 4.69) is 21.6 Å². The van der Waals surface area contributed by atoms with Crippen molar-refractivity contribution < 1.29 is 9.53 Å². The van der Waals surface area contributed by atoms with Crippen LogP contribution in [0.1, 0.15) is 12.5 Å². The second kappa shape index (κ2) is 7.58. The SMILES string of the molecule is COc1ccc(CNC(=O)[C@@H](C)Sc2nnc3sc4ccccc4n23)cc1. The zero-order valence-electron chi connectivity index (χ0n) is 14.9. The lowest BCUT2D eigenvalue weighted by Crippen LogP contribution is -2.30. The fourth-order valence-corrected chi connectivity index (χ4v) is 4.63. The van der Waals surface area contributed by atoms with Gasteiger partial charge in [-0.3, -0.25) is 9.20 Å². The van der Waals surface area contributed by atoms with Crippen LogP contribution in [0.25, 0.3) is 15.2 Å². The van der Waals surface area contributed by atoms with Gasteiger partial charge in [0.15, 0.2) is 5.16 Å². The highest BCUT2D eigenvalue weighted by atomic mass is 32.2. The van der Waals surface area contributed by atoms with Gasteiger partial charge in [-0.25, -0.2) is 0 Å². The molecule has 27 heavy (non-hydrogen) atoms. The summed E-state index contributed by atoms with van der Waals surface area (Å²) in [6, 6.07) is 15.8. The molecule has 0 aliphatic carbocycles. The number of methoxy groups -OCH3 is 1. The van der Waals surface area contributed by atoms with E-state index in [0.717, 1.165) is 31.6 Å². The first-order chi connectivity index (χ1) is 13.2. The average molecular weight is 399 g/mol. The summed E-state index contributed by atoms with van der Waals surface area (Å²) in [7, 11) is 1.63. The van der Waals surface area contributed by atoms with E-state index in [1.165, 1.54) is 11.8 Å². The minimum atomic E-state index is -0.283. The van der Waals surface area contributed by atoms with Crippen LogP contribution in [0.4, 0.5) is 0 Å². The molecule has 2 aromatic heterocycles. The average Bonchev–Trinajstić information content (AvgIpc) is 3.26. The maximum absolute atomic E-state index is 12.5. The number of nitrogens with zero attached hydrogens (tertiary/aromatic N) is 3. The summed E-state index contributed by atoms with van der Waals surface area (Å²) >= 11 is 3.01. The molecule has 4 rings (SSSR count). The molecule has 0 bridgehead atoms. The van der Waals surface area contributed by atoms with E-state index in [9.17, 15) is 4.79 Å². The van der Waals surface area contributed by atoms with Crippen molar-refractivity contribution in [2.45, 2.75) is 23.9 Å².